The van der Waals surface area contributed by atoms with E-state index in [1.54, 1.807) is 16.9 Å². The third-order valence-electron chi connectivity index (χ3n) is 5.07. The molecule has 1 aromatic carbocycles. The SMILES string of the molecule is O=C(Nc1ccc(-n2cccn2)c(Cl)c1)C1CC12CCNCC2. The molecule has 1 spiro atoms. The number of nitrogens with one attached hydrogen (secondary N) is 2. The van der Waals surface area contributed by atoms with E-state index >= 15 is 0 Å². The standard InChI is InChI=1S/C17H19ClN4O/c18-14-10-12(2-3-15(14)22-9-1-6-20-22)21-16(23)13-11-17(13)4-7-19-8-5-17/h1-3,6,9-10,13,19H,4-5,7-8,11H2,(H,21,23). The van der Waals surface area contributed by atoms with Crippen LogP contribution in [0.5, 0.6) is 0 Å². The summed E-state index contributed by atoms with van der Waals surface area (Å²) in [4.78, 5) is 12.5. The fraction of sp³-hybridized carbons (Fsp3) is 0.412. The molecule has 4 rings (SSSR count). The molecule has 0 bridgehead atoms. The molecule has 1 atom stereocenters. The molecular formula is C17H19ClN4O. The Morgan fingerprint density at radius 3 is 2.91 bits per heavy atom. The molecule has 1 aromatic heterocycles. The lowest BCUT2D eigenvalue weighted by atomic mass is 9.92. The van der Waals surface area contributed by atoms with E-state index in [9.17, 15) is 4.79 Å². The maximum absolute atomic E-state index is 12.5. The Bertz CT molecular complexity index is 722. The Labute approximate surface area is 140 Å². The summed E-state index contributed by atoms with van der Waals surface area (Å²) >= 11 is 6.32. The summed E-state index contributed by atoms with van der Waals surface area (Å²) in [5, 5.41) is 11.1. The molecule has 23 heavy (non-hydrogen) atoms. The number of aromatic nitrogens is 2. The Balaban J connectivity index is 1.45. The van der Waals surface area contributed by atoms with E-state index in [1.807, 2.05) is 24.4 Å². The topological polar surface area (TPSA) is 59.0 Å². The monoisotopic (exact) mass is 330 g/mol. The second kappa shape index (κ2) is 5.65. The van der Waals surface area contributed by atoms with Crippen molar-refractivity contribution in [1.29, 1.82) is 0 Å². The third kappa shape index (κ3) is 2.75. The zero-order chi connectivity index (χ0) is 15.9. The van der Waals surface area contributed by atoms with Crippen LogP contribution in [0.3, 0.4) is 0 Å². The van der Waals surface area contributed by atoms with Crippen molar-refractivity contribution in [3.8, 4) is 5.69 Å². The van der Waals surface area contributed by atoms with Crippen LogP contribution in [0.25, 0.3) is 5.69 Å². The van der Waals surface area contributed by atoms with Crippen LogP contribution >= 0.6 is 11.6 Å². The minimum Gasteiger partial charge on any atom is -0.326 e. The van der Waals surface area contributed by atoms with Gasteiger partial charge in [-0.1, -0.05) is 11.6 Å². The Kier molecular flexibility index (Phi) is 3.62. The molecule has 1 aliphatic carbocycles. The van der Waals surface area contributed by atoms with Crippen molar-refractivity contribution in [2.75, 3.05) is 18.4 Å². The van der Waals surface area contributed by atoms with Crippen LogP contribution in [-0.2, 0) is 4.79 Å². The predicted octanol–water partition coefficient (Wildman–Crippen LogP) is 2.85. The lowest BCUT2D eigenvalue weighted by Gasteiger charge is -2.23. The van der Waals surface area contributed by atoms with Gasteiger partial charge in [0.05, 0.1) is 10.7 Å². The van der Waals surface area contributed by atoms with Crippen LogP contribution < -0.4 is 10.6 Å². The average molecular weight is 331 g/mol. The van der Waals surface area contributed by atoms with Crippen molar-refractivity contribution in [3.63, 3.8) is 0 Å². The van der Waals surface area contributed by atoms with Gasteiger partial charge in [-0.2, -0.15) is 5.10 Å². The van der Waals surface area contributed by atoms with E-state index in [0.717, 1.165) is 43.7 Å². The maximum atomic E-state index is 12.5. The minimum absolute atomic E-state index is 0.120. The molecule has 2 heterocycles. The number of carbonyl (C=O) groups excluding carboxylic acids is 1. The Morgan fingerprint density at radius 1 is 1.39 bits per heavy atom. The smallest absolute Gasteiger partial charge is 0.228 e. The highest BCUT2D eigenvalue weighted by Gasteiger charge is 2.57. The van der Waals surface area contributed by atoms with E-state index in [1.165, 1.54) is 0 Å². The third-order valence-corrected chi connectivity index (χ3v) is 5.37. The first-order valence-corrected chi connectivity index (χ1v) is 8.37. The van der Waals surface area contributed by atoms with E-state index < -0.39 is 0 Å². The van der Waals surface area contributed by atoms with E-state index in [0.29, 0.717) is 5.02 Å². The van der Waals surface area contributed by atoms with Gasteiger partial charge in [-0.05, 0) is 62.0 Å². The molecule has 5 nitrogen and oxygen atoms in total. The largest absolute Gasteiger partial charge is 0.326 e. The number of halogens is 1. The summed E-state index contributed by atoms with van der Waals surface area (Å²) in [5.74, 6) is 0.268. The van der Waals surface area contributed by atoms with Crippen LogP contribution in [0.2, 0.25) is 5.02 Å². The van der Waals surface area contributed by atoms with Crippen molar-refractivity contribution in [2.45, 2.75) is 19.3 Å². The minimum atomic E-state index is 0.120. The van der Waals surface area contributed by atoms with Gasteiger partial charge in [-0.25, -0.2) is 4.68 Å². The maximum Gasteiger partial charge on any atom is 0.228 e. The number of amides is 1. The van der Waals surface area contributed by atoms with Crippen molar-refractivity contribution < 1.29 is 4.79 Å². The first-order valence-electron chi connectivity index (χ1n) is 7.99. The van der Waals surface area contributed by atoms with Gasteiger partial charge in [0.1, 0.15) is 0 Å². The number of piperidine rings is 1. The molecule has 2 aromatic rings. The van der Waals surface area contributed by atoms with E-state index in [-0.39, 0.29) is 17.2 Å². The molecule has 1 amide bonds. The zero-order valence-electron chi connectivity index (χ0n) is 12.8. The molecule has 0 radical (unpaired) electrons. The second-order valence-electron chi connectivity index (χ2n) is 6.48. The van der Waals surface area contributed by atoms with Crippen LogP contribution in [0.4, 0.5) is 5.69 Å². The summed E-state index contributed by atoms with van der Waals surface area (Å²) in [5.41, 5.74) is 1.79. The molecular weight excluding hydrogens is 312 g/mol. The van der Waals surface area contributed by atoms with Gasteiger partial charge in [0.15, 0.2) is 0 Å². The molecule has 2 fully saturated rings. The molecule has 1 unspecified atom stereocenters. The highest BCUT2D eigenvalue weighted by Crippen LogP contribution is 2.58. The Morgan fingerprint density at radius 2 is 2.22 bits per heavy atom. The van der Waals surface area contributed by atoms with Gasteiger partial charge in [0.25, 0.3) is 0 Å². The number of carbonyl (C=O) groups is 1. The number of hydrogen-bond donors (Lipinski definition) is 2. The van der Waals surface area contributed by atoms with Crippen molar-refractivity contribution in [3.05, 3.63) is 41.7 Å². The van der Waals surface area contributed by atoms with Gasteiger partial charge in [-0.15, -0.1) is 0 Å². The lowest BCUT2D eigenvalue weighted by molar-refractivity contribution is -0.118. The van der Waals surface area contributed by atoms with Crippen LogP contribution in [0.15, 0.2) is 36.7 Å². The summed E-state index contributed by atoms with van der Waals surface area (Å²) in [6.07, 6.45) is 6.76. The molecule has 120 valence electrons. The number of rotatable bonds is 3. The fourth-order valence-corrected chi connectivity index (χ4v) is 3.87. The van der Waals surface area contributed by atoms with Gasteiger partial charge >= 0.3 is 0 Å². The molecule has 2 N–H and O–H groups in total. The summed E-state index contributed by atoms with van der Waals surface area (Å²) in [6, 6.07) is 7.38. The fourth-order valence-electron chi connectivity index (χ4n) is 3.61. The van der Waals surface area contributed by atoms with Crippen LogP contribution in [-0.4, -0.2) is 28.8 Å². The highest BCUT2D eigenvalue weighted by atomic mass is 35.5. The number of nitrogens with zero attached hydrogens (tertiary/aromatic N) is 2. The normalized spacial score (nSPS) is 22.0. The molecule has 2 aliphatic rings. The number of anilines is 1. The van der Waals surface area contributed by atoms with Crippen LogP contribution in [0.1, 0.15) is 19.3 Å². The van der Waals surface area contributed by atoms with Gasteiger partial charge in [-0.3, -0.25) is 4.79 Å². The first kappa shape index (κ1) is 14.7. The van der Waals surface area contributed by atoms with Crippen molar-refractivity contribution >= 4 is 23.2 Å². The van der Waals surface area contributed by atoms with Crippen molar-refractivity contribution in [1.82, 2.24) is 15.1 Å². The average Bonchev–Trinajstić information content (AvgIpc) is 2.97. The lowest BCUT2D eigenvalue weighted by Crippen LogP contribution is -2.31. The van der Waals surface area contributed by atoms with E-state index in [4.69, 9.17) is 11.6 Å². The van der Waals surface area contributed by atoms with Gasteiger partial charge in [0.2, 0.25) is 5.91 Å². The summed E-state index contributed by atoms with van der Waals surface area (Å²) < 4.78 is 1.71. The first-order chi connectivity index (χ1) is 11.2. The van der Waals surface area contributed by atoms with Crippen LogP contribution in [0, 0.1) is 11.3 Å². The second-order valence-corrected chi connectivity index (χ2v) is 6.88. The summed E-state index contributed by atoms with van der Waals surface area (Å²) in [6.45, 7) is 2.04. The highest BCUT2D eigenvalue weighted by molar-refractivity contribution is 6.32. The molecule has 1 saturated heterocycles. The predicted molar refractivity (Wildman–Crippen MR) is 89.8 cm³/mol. The molecule has 6 heteroatoms. The molecule has 1 aliphatic heterocycles. The molecule has 1 saturated carbocycles. The summed E-state index contributed by atoms with van der Waals surface area (Å²) in [7, 11) is 0. The zero-order valence-corrected chi connectivity index (χ0v) is 13.5. The van der Waals surface area contributed by atoms with Gasteiger partial charge < -0.3 is 10.6 Å². The number of benzene rings is 1. The number of hydrogen-bond acceptors (Lipinski definition) is 3. The van der Waals surface area contributed by atoms with E-state index in [2.05, 4.69) is 15.7 Å². The Hall–Kier alpha value is -1.85. The van der Waals surface area contributed by atoms with Crippen molar-refractivity contribution in [2.24, 2.45) is 11.3 Å². The quantitative estimate of drug-likeness (QED) is 0.909. The van der Waals surface area contributed by atoms with Gasteiger partial charge in [0, 0.05) is 24.0 Å².